The van der Waals surface area contributed by atoms with E-state index in [1.54, 1.807) is 12.1 Å². The maximum absolute atomic E-state index is 10.7. The number of benzene rings is 1. The predicted octanol–water partition coefficient (Wildman–Crippen LogP) is 1.46. The van der Waals surface area contributed by atoms with Gasteiger partial charge in [-0.25, -0.2) is 0 Å². The van der Waals surface area contributed by atoms with Crippen LogP contribution in [0, 0.1) is 0 Å². The minimum absolute atomic E-state index is 0.0173. The molecule has 0 aliphatic carbocycles. The van der Waals surface area contributed by atoms with Gasteiger partial charge in [-0.2, -0.15) is 0 Å². The van der Waals surface area contributed by atoms with Crippen LogP contribution in [0.2, 0.25) is 0 Å². The fourth-order valence-electron chi connectivity index (χ4n) is 1.38. The quantitative estimate of drug-likeness (QED) is 0.763. The van der Waals surface area contributed by atoms with Gasteiger partial charge in [0.05, 0.1) is 0 Å². The third kappa shape index (κ3) is 3.47. The van der Waals surface area contributed by atoms with Crippen LogP contribution >= 0.6 is 0 Å². The molecule has 0 radical (unpaired) electrons. The summed E-state index contributed by atoms with van der Waals surface area (Å²) in [7, 11) is 0. The van der Waals surface area contributed by atoms with E-state index in [1.807, 2.05) is 19.1 Å². The molecule has 0 heterocycles. The van der Waals surface area contributed by atoms with Crippen LogP contribution in [0.25, 0.3) is 0 Å². The second kappa shape index (κ2) is 4.65. The molecule has 0 saturated heterocycles. The number of aromatic hydroxyl groups is 1. The predicted molar refractivity (Wildman–Crippen MR) is 55.1 cm³/mol. The molecular weight excluding hydrogens is 178 g/mol. The van der Waals surface area contributed by atoms with Gasteiger partial charge < -0.3 is 10.4 Å². The first-order chi connectivity index (χ1) is 6.58. The van der Waals surface area contributed by atoms with E-state index in [-0.39, 0.29) is 17.7 Å². The molecule has 1 aromatic rings. The maximum atomic E-state index is 10.7. The highest BCUT2D eigenvalue weighted by molar-refractivity contribution is 5.73. The molecule has 0 aliphatic heterocycles. The highest BCUT2D eigenvalue weighted by Gasteiger charge is 2.04. The van der Waals surface area contributed by atoms with Crippen LogP contribution in [0.1, 0.15) is 19.4 Å². The molecule has 3 heteroatoms. The first-order valence-corrected chi connectivity index (χ1v) is 4.63. The van der Waals surface area contributed by atoms with E-state index in [4.69, 9.17) is 5.11 Å². The lowest BCUT2D eigenvalue weighted by Crippen LogP contribution is -2.31. The van der Waals surface area contributed by atoms with E-state index in [9.17, 15) is 4.79 Å². The first kappa shape index (κ1) is 10.6. The van der Waals surface area contributed by atoms with E-state index in [0.717, 1.165) is 12.0 Å². The summed E-state index contributed by atoms with van der Waals surface area (Å²) in [4.78, 5) is 10.7. The van der Waals surface area contributed by atoms with Crippen molar-refractivity contribution < 1.29 is 9.90 Å². The van der Waals surface area contributed by atoms with Crippen molar-refractivity contribution in [2.24, 2.45) is 0 Å². The lowest BCUT2D eigenvalue weighted by atomic mass is 10.1. The Morgan fingerprint density at radius 2 is 2.00 bits per heavy atom. The van der Waals surface area contributed by atoms with Gasteiger partial charge >= 0.3 is 0 Å². The van der Waals surface area contributed by atoms with Crippen LogP contribution in [-0.2, 0) is 11.2 Å². The van der Waals surface area contributed by atoms with Gasteiger partial charge in [-0.15, -0.1) is 0 Å². The van der Waals surface area contributed by atoms with Crippen molar-refractivity contribution in [3.8, 4) is 5.75 Å². The zero-order valence-corrected chi connectivity index (χ0v) is 8.45. The van der Waals surface area contributed by atoms with Gasteiger partial charge in [0.1, 0.15) is 5.75 Å². The van der Waals surface area contributed by atoms with Gasteiger partial charge in [0.15, 0.2) is 0 Å². The summed E-state index contributed by atoms with van der Waals surface area (Å²) in [6, 6.07) is 7.13. The number of phenols is 1. The Hall–Kier alpha value is -1.51. The Morgan fingerprint density at radius 3 is 2.50 bits per heavy atom. The SMILES string of the molecule is CC(=O)N[C@H](C)Cc1ccc(O)cc1. The van der Waals surface area contributed by atoms with Gasteiger partial charge in [0, 0.05) is 13.0 Å². The lowest BCUT2D eigenvalue weighted by Gasteiger charge is -2.12. The van der Waals surface area contributed by atoms with Gasteiger partial charge in [0.25, 0.3) is 0 Å². The molecular formula is C11H15NO2. The summed E-state index contributed by atoms with van der Waals surface area (Å²) in [5.41, 5.74) is 1.10. The normalized spacial score (nSPS) is 12.1. The summed E-state index contributed by atoms with van der Waals surface area (Å²) in [6.07, 6.45) is 0.778. The summed E-state index contributed by atoms with van der Waals surface area (Å²) >= 11 is 0. The molecule has 3 nitrogen and oxygen atoms in total. The van der Waals surface area contributed by atoms with Gasteiger partial charge in [-0.1, -0.05) is 12.1 Å². The number of amides is 1. The van der Waals surface area contributed by atoms with Crippen molar-refractivity contribution >= 4 is 5.91 Å². The number of hydrogen-bond acceptors (Lipinski definition) is 2. The molecule has 0 saturated carbocycles. The molecule has 1 rings (SSSR count). The van der Waals surface area contributed by atoms with Crippen LogP contribution in [0.3, 0.4) is 0 Å². The fourth-order valence-corrected chi connectivity index (χ4v) is 1.38. The lowest BCUT2D eigenvalue weighted by molar-refractivity contribution is -0.119. The molecule has 1 aromatic carbocycles. The van der Waals surface area contributed by atoms with Crippen LogP contribution in [-0.4, -0.2) is 17.1 Å². The largest absolute Gasteiger partial charge is 0.508 e. The molecule has 14 heavy (non-hydrogen) atoms. The van der Waals surface area contributed by atoms with Crippen LogP contribution in [0.5, 0.6) is 5.75 Å². The van der Waals surface area contributed by atoms with Gasteiger partial charge in [0.2, 0.25) is 5.91 Å². The summed E-state index contributed by atoms with van der Waals surface area (Å²) in [5.74, 6) is 0.247. The first-order valence-electron chi connectivity index (χ1n) is 4.63. The number of rotatable bonds is 3. The Balaban J connectivity index is 2.51. The Bertz CT molecular complexity index is 306. The topological polar surface area (TPSA) is 49.3 Å². The van der Waals surface area contributed by atoms with E-state index in [1.165, 1.54) is 6.92 Å². The number of carbonyl (C=O) groups excluding carboxylic acids is 1. The summed E-state index contributed by atoms with van der Waals surface area (Å²) in [6.45, 7) is 3.46. The molecule has 0 fully saturated rings. The average molecular weight is 193 g/mol. The smallest absolute Gasteiger partial charge is 0.217 e. The van der Waals surface area contributed by atoms with Crippen molar-refractivity contribution in [3.63, 3.8) is 0 Å². The molecule has 1 amide bonds. The number of nitrogens with one attached hydrogen (secondary N) is 1. The van der Waals surface area contributed by atoms with E-state index < -0.39 is 0 Å². The van der Waals surface area contributed by atoms with E-state index in [2.05, 4.69) is 5.32 Å². The van der Waals surface area contributed by atoms with Crippen molar-refractivity contribution in [3.05, 3.63) is 29.8 Å². The minimum atomic E-state index is -0.0173. The highest BCUT2D eigenvalue weighted by atomic mass is 16.3. The molecule has 0 aromatic heterocycles. The van der Waals surface area contributed by atoms with Crippen molar-refractivity contribution in [2.45, 2.75) is 26.3 Å². The zero-order chi connectivity index (χ0) is 10.6. The van der Waals surface area contributed by atoms with Crippen molar-refractivity contribution in [1.82, 2.24) is 5.32 Å². The molecule has 76 valence electrons. The third-order valence-electron chi connectivity index (χ3n) is 1.93. The molecule has 0 bridgehead atoms. The standard InChI is InChI=1S/C11H15NO2/c1-8(12-9(2)13)7-10-3-5-11(14)6-4-10/h3-6,8,14H,7H2,1-2H3,(H,12,13)/t8-/m1/s1. The minimum Gasteiger partial charge on any atom is -0.508 e. The number of hydrogen-bond donors (Lipinski definition) is 2. The van der Waals surface area contributed by atoms with Crippen LogP contribution in [0.15, 0.2) is 24.3 Å². The Kier molecular flexibility index (Phi) is 3.51. The summed E-state index contributed by atoms with van der Waals surface area (Å²) in [5, 5.41) is 11.9. The second-order valence-corrected chi connectivity index (χ2v) is 3.47. The fraction of sp³-hybridized carbons (Fsp3) is 0.364. The molecule has 0 unspecified atom stereocenters. The summed E-state index contributed by atoms with van der Waals surface area (Å²) < 4.78 is 0. The Labute approximate surface area is 83.8 Å². The zero-order valence-electron chi connectivity index (χ0n) is 8.45. The monoisotopic (exact) mass is 193 g/mol. The molecule has 0 spiro atoms. The van der Waals surface area contributed by atoms with Crippen LogP contribution in [0.4, 0.5) is 0 Å². The van der Waals surface area contributed by atoms with Gasteiger partial charge in [-0.3, -0.25) is 4.79 Å². The molecule has 0 aliphatic rings. The van der Waals surface area contributed by atoms with E-state index >= 15 is 0 Å². The maximum Gasteiger partial charge on any atom is 0.217 e. The van der Waals surface area contributed by atoms with Crippen molar-refractivity contribution in [1.29, 1.82) is 0 Å². The molecule has 1 atom stereocenters. The number of carbonyl (C=O) groups is 1. The third-order valence-corrected chi connectivity index (χ3v) is 1.93. The van der Waals surface area contributed by atoms with Crippen LogP contribution < -0.4 is 5.32 Å². The van der Waals surface area contributed by atoms with E-state index in [0.29, 0.717) is 0 Å². The number of phenolic OH excluding ortho intramolecular Hbond substituents is 1. The average Bonchev–Trinajstić information content (AvgIpc) is 2.07. The molecule has 2 N–H and O–H groups in total. The highest BCUT2D eigenvalue weighted by Crippen LogP contribution is 2.10. The van der Waals surface area contributed by atoms with Gasteiger partial charge in [-0.05, 0) is 31.0 Å². The second-order valence-electron chi connectivity index (χ2n) is 3.47. The Morgan fingerprint density at radius 1 is 1.43 bits per heavy atom. The van der Waals surface area contributed by atoms with Crippen molar-refractivity contribution in [2.75, 3.05) is 0 Å².